The van der Waals surface area contributed by atoms with Crippen molar-refractivity contribution in [2.75, 3.05) is 0 Å². The minimum absolute atomic E-state index is 0.0696. The van der Waals surface area contributed by atoms with Crippen LogP contribution in [-0.4, -0.2) is 0 Å². The average molecular weight is 296 g/mol. The van der Waals surface area contributed by atoms with E-state index in [4.69, 9.17) is 34.5 Å². The van der Waals surface area contributed by atoms with Crippen molar-refractivity contribution in [3.8, 4) is 11.5 Å². The molecule has 0 radical (unpaired) electrons. The molecular formula is C14H8Cl2FNO. The molecule has 19 heavy (non-hydrogen) atoms. The molecule has 0 N–H and O–H groups in total. The Bertz CT molecular complexity index is 680. The second kappa shape index (κ2) is 5.48. The van der Waals surface area contributed by atoms with E-state index in [-0.39, 0.29) is 16.5 Å². The second-order valence-corrected chi connectivity index (χ2v) is 4.71. The first-order chi connectivity index (χ1) is 9.01. The van der Waals surface area contributed by atoms with Gasteiger partial charge in [-0.05, 0) is 36.8 Å². The molecular weight excluding hydrogens is 288 g/mol. The lowest BCUT2D eigenvalue weighted by atomic mass is 10.2. The van der Waals surface area contributed by atoms with Crippen LogP contribution in [0.5, 0.6) is 11.5 Å². The second-order valence-electron chi connectivity index (χ2n) is 3.87. The lowest BCUT2D eigenvalue weighted by Crippen LogP contribution is -1.92. The fourth-order valence-corrected chi connectivity index (χ4v) is 1.92. The van der Waals surface area contributed by atoms with Gasteiger partial charge in [0.2, 0.25) is 0 Å². The number of hydrogen-bond acceptors (Lipinski definition) is 1. The van der Waals surface area contributed by atoms with E-state index in [9.17, 15) is 4.39 Å². The summed E-state index contributed by atoms with van der Waals surface area (Å²) in [5, 5.41) is 0.500. The summed E-state index contributed by atoms with van der Waals surface area (Å²) in [6, 6.07) is 7.57. The molecule has 0 bridgehead atoms. The lowest BCUT2D eigenvalue weighted by Gasteiger charge is -2.10. The number of hydrogen-bond donors (Lipinski definition) is 0. The monoisotopic (exact) mass is 295 g/mol. The Labute approximate surface area is 120 Å². The van der Waals surface area contributed by atoms with Crippen LogP contribution in [0.1, 0.15) is 5.56 Å². The van der Waals surface area contributed by atoms with Crippen molar-refractivity contribution >= 4 is 28.9 Å². The van der Waals surface area contributed by atoms with E-state index in [0.717, 1.165) is 0 Å². The summed E-state index contributed by atoms with van der Waals surface area (Å²) in [5.74, 6) is -0.332. The van der Waals surface area contributed by atoms with Gasteiger partial charge in [0.25, 0.3) is 0 Å². The molecule has 0 aliphatic rings. The normalized spacial score (nSPS) is 10.1. The summed E-state index contributed by atoms with van der Waals surface area (Å²) in [6.45, 7) is 8.56. The minimum Gasteiger partial charge on any atom is -0.454 e. The Morgan fingerprint density at radius 1 is 1.21 bits per heavy atom. The Balaban J connectivity index is 2.45. The molecule has 0 heterocycles. The van der Waals surface area contributed by atoms with Crippen LogP contribution in [0, 0.1) is 19.3 Å². The third-order valence-electron chi connectivity index (χ3n) is 2.45. The zero-order valence-corrected chi connectivity index (χ0v) is 11.4. The Kier molecular flexibility index (Phi) is 3.94. The largest absolute Gasteiger partial charge is 0.454 e. The summed E-state index contributed by atoms with van der Waals surface area (Å²) in [7, 11) is 0. The maximum atomic E-state index is 13.9. The van der Waals surface area contributed by atoms with Crippen LogP contribution < -0.4 is 4.74 Å². The number of aryl methyl sites for hydroxylation is 1. The molecule has 0 saturated heterocycles. The van der Waals surface area contributed by atoms with Crippen molar-refractivity contribution < 1.29 is 9.13 Å². The zero-order chi connectivity index (χ0) is 14.0. The van der Waals surface area contributed by atoms with Crippen molar-refractivity contribution in [3.63, 3.8) is 0 Å². The van der Waals surface area contributed by atoms with Crippen LogP contribution in [0.3, 0.4) is 0 Å². The third-order valence-corrected chi connectivity index (χ3v) is 2.96. The van der Waals surface area contributed by atoms with Crippen LogP contribution in [0.15, 0.2) is 30.3 Å². The van der Waals surface area contributed by atoms with Crippen molar-refractivity contribution in [3.05, 3.63) is 63.2 Å². The maximum Gasteiger partial charge on any atom is 0.192 e. The van der Waals surface area contributed by atoms with E-state index < -0.39 is 5.82 Å². The number of benzene rings is 2. The smallest absolute Gasteiger partial charge is 0.192 e. The van der Waals surface area contributed by atoms with Crippen LogP contribution in [0.25, 0.3) is 4.85 Å². The number of halogens is 3. The van der Waals surface area contributed by atoms with Crippen LogP contribution in [-0.2, 0) is 0 Å². The third kappa shape index (κ3) is 2.98. The summed E-state index contributed by atoms with van der Waals surface area (Å²) in [4.78, 5) is 3.25. The molecule has 2 aromatic rings. The van der Waals surface area contributed by atoms with Gasteiger partial charge in [0, 0.05) is 5.02 Å². The molecule has 0 aromatic heterocycles. The zero-order valence-electron chi connectivity index (χ0n) is 9.88. The predicted molar refractivity (Wildman–Crippen MR) is 73.9 cm³/mol. The Hall–Kier alpha value is -1.76. The number of rotatable bonds is 2. The standard InChI is InChI=1S/C14H8Cl2FNO/c1-8-3-4-12(16)14(13(8)17)19-11-6-9(15)5-10(7-11)18-2/h3-7H,1H3. The van der Waals surface area contributed by atoms with Gasteiger partial charge >= 0.3 is 0 Å². The number of nitrogens with zero attached hydrogens (tertiary/aromatic N) is 1. The van der Waals surface area contributed by atoms with E-state index in [1.807, 2.05) is 0 Å². The first-order valence-electron chi connectivity index (χ1n) is 5.32. The Morgan fingerprint density at radius 2 is 1.95 bits per heavy atom. The molecule has 0 atom stereocenters. The molecule has 2 nitrogen and oxygen atoms in total. The lowest BCUT2D eigenvalue weighted by molar-refractivity contribution is 0.440. The van der Waals surface area contributed by atoms with Crippen molar-refractivity contribution in [1.29, 1.82) is 0 Å². The highest BCUT2D eigenvalue weighted by molar-refractivity contribution is 6.32. The van der Waals surface area contributed by atoms with Gasteiger partial charge in [-0.1, -0.05) is 29.3 Å². The molecule has 0 aliphatic heterocycles. The van der Waals surface area contributed by atoms with Gasteiger partial charge in [-0.15, -0.1) is 0 Å². The first kappa shape index (κ1) is 13.7. The maximum absolute atomic E-state index is 13.9. The minimum atomic E-state index is -0.531. The molecule has 5 heteroatoms. The predicted octanol–water partition coefficient (Wildman–Crippen LogP) is 5.78. The van der Waals surface area contributed by atoms with Crippen molar-refractivity contribution in [2.45, 2.75) is 6.92 Å². The molecule has 0 saturated carbocycles. The molecule has 0 aliphatic carbocycles. The van der Waals surface area contributed by atoms with Gasteiger partial charge in [0.1, 0.15) is 5.75 Å². The molecule has 2 aromatic carbocycles. The van der Waals surface area contributed by atoms with Crippen molar-refractivity contribution in [1.82, 2.24) is 0 Å². The van der Waals surface area contributed by atoms with Gasteiger partial charge < -0.3 is 4.74 Å². The Morgan fingerprint density at radius 3 is 2.63 bits per heavy atom. The summed E-state index contributed by atoms with van der Waals surface area (Å²) in [6.07, 6.45) is 0. The van der Waals surface area contributed by atoms with E-state index in [2.05, 4.69) is 4.85 Å². The summed E-state index contributed by atoms with van der Waals surface area (Å²) >= 11 is 11.8. The van der Waals surface area contributed by atoms with E-state index >= 15 is 0 Å². The summed E-state index contributed by atoms with van der Waals surface area (Å²) in [5.41, 5.74) is 0.735. The van der Waals surface area contributed by atoms with Crippen LogP contribution >= 0.6 is 23.2 Å². The van der Waals surface area contributed by atoms with Crippen LogP contribution in [0.2, 0.25) is 10.0 Å². The van der Waals surface area contributed by atoms with Gasteiger partial charge in [-0.25, -0.2) is 9.24 Å². The summed E-state index contributed by atoms with van der Waals surface area (Å²) < 4.78 is 19.3. The first-order valence-corrected chi connectivity index (χ1v) is 6.07. The highest BCUT2D eigenvalue weighted by Gasteiger charge is 2.13. The fraction of sp³-hybridized carbons (Fsp3) is 0.0714. The SMILES string of the molecule is [C-]#[N+]c1cc(Cl)cc(Oc2c(Cl)ccc(C)c2F)c1. The van der Waals surface area contributed by atoms with Crippen molar-refractivity contribution in [2.24, 2.45) is 0 Å². The average Bonchev–Trinajstić information content (AvgIpc) is 2.38. The number of ether oxygens (including phenoxy) is 1. The highest BCUT2D eigenvalue weighted by atomic mass is 35.5. The molecule has 0 amide bonds. The van der Waals surface area contributed by atoms with E-state index in [0.29, 0.717) is 16.3 Å². The van der Waals surface area contributed by atoms with E-state index in [1.165, 1.54) is 18.2 Å². The van der Waals surface area contributed by atoms with Gasteiger partial charge in [0.15, 0.2) is 17.3 Å². The van der Waals surface area contributed by atoms with Gasteiger partial charge in [0.05, 0.1) is 11.6 Å². The topological polar surface area (TPSA) is 13.6 Å². The van der Waals surface area contributed by atoms with Crippen LogP contribution in [0.4, 0.5) is 10.1 Å². The molecule has 0 unspecified atom stereocenters. The highest BCUT2D eigenvalue weighted by Crippen LogP contribution is 2.36. The molecule has 96 valence electrons. The quantitative estimate of drug-likeness (QED) is 0.640. The van der Waals surface area contributed by atoms with E-state index in [1.54, 1.807) is 19.1 Å². The fourth-order valence-electron chi connectivity index (χ4n) is 1.51. The van der Waals surface area contributed by atoms with Gasteiger partial charge in [-0.3, -0.25) is 0 Å². The molecule has 0 fully saturated rings. The molecule has 0 spiro atoms. The van der Waals surface area contributed by atoms with Gasteiger partial charge in [-0.2, -0.15) is 0 Å². The molecule has 2 rings (SSSR count).